The van der Waals surface area contributed by atoms with Crippen molar-refractivity contribution in [2.24, 2.45) is 0 Å². The first-order valence-electron chi connectivity index (χ1n) is 7.73. The maximum absolute atomic E-state index is 12.2. The monoisotopic (exact) mass is 338 g/mol. The first kappa shape index (κ1) is 16.2. The topological polar surface area (TPSA) is 51.2 Å². The Hall–Kier alpha value is -2.66. The molecular formula is C19H18N2O2S. The lowest BCUT2D eigenvalue weighted by molar-refractivity contribution is 0.0953. The van der Waals surface area contributed by atoms with Crippen molar-refractivity contribution in [1.82, 2.24) is 10.3 Å². The fourth-order valence-electron chi connectivity index (χ4n) is 2.26. The van der Waals surface area contributed by atoms with Crippen LogP contribution in [0, 0.1) is 0 Å². The standard InChI is InChI=1S/C19H18N2O2S/c22-19(20-10-9-15-5-2-1-3-6-15)16-7-4-8-18(11-16)23-12-17-13-24-14-21-17/h1-8,11,13-14H,9-10,12H2,(H,20,22). The molecule has 0 spiro atoms. The minimum absolute atomic E-state index is 0.0926. The number of rotatable bonds is 7. The second kappa shape index (κ2) is 8.26. The van der Waals surface area contributed by atoms with Crippen molar-refractivity contribution in [3.8, 4) is 5.75 Å². The summed E-state index contributed by atoms with van der Waals surface area (Å²) in [6.45, 7) is 1.01. The number of ether oxygens (including phenoxy) is 1. The van der Waals surface area contributed by atoms with Crippen molar-refractivity contribution in [1.29, 1.82) is 0 Å². The molecule has 0 unspecified atom stereocenters. The summed E-state index contributed by atoms with van der Waals surface area (Å²) < 4.78 is 5.68. The van der Waals surface area contributed by atoms with Crippen molar-refractivity contribution in [3.05, 3.63) is 82.3 Å². The largest absolute Gasteiger partial charge is 0.487 e. The number of nitrogens with one attached hydrogen (secondary N) is 1. The van der Waals surface area contributed by atoms with Gasteiger partial charge in [-0.1, -0.05) is 36.4 Å². The summed E-state index contributed by atoms with van der Waals surface area (Å²) in [6.07, 6.45) is 0.812. The van der Waals surface area contributed by atoms with Gasteiger partial charge in [0.25, 0.3) is 5.91 Å². The van der Waals surface area contributed by atoms with Crippen LogP contribution in [0.5, 0.6) is 5.75 Å². The molecule has 0 aliphatic heterocycles. The molecule has 0 bridgehead atoms. The van der Waals surface area contributed by atoms with E-state index in [9.17, 15) is 4.79 Å². The van der Waals surface area contributed by atoms with Crippen molar-refractivity contribution < 1.29 is 9.53 Å². The SMILES string of the molecule is O=C(NCCc1ccccc1)c1cccc(OCc2cscn2)c1. The van der Waals surface area contributed by atoms with E-state index >= 15 is 0 Å². The van der Waals surface area contributed by atoms with Gasteiger partial charge in [-0.15, -0.1) is 11.3 Å². The number of carbonyl (C=O) groups excluding carboxylic acids is 1. The Morgan fingerprint density at radius 3 is 2.79 bits per heavy atom. The maximum atomic E-state index is 12.2. The van der Waals surface area contributed by atoms with E-state index in [2.05, 4.69) is 22.4 Å². The predicted octanol–water partition coefficient (Wildman–Crippen LogP) is 3.69. The number of hydrogen-bond donors (Lipinski definition) is 1. The van der Waals surface area contributed by atoms with E-state index in [1.807, 2.05) is 35.7 Å². The Bertz CT molecular complexity index is 773. The molecule has 0 atom stereocenters. The zero-order valence-electron chi connectivity index (χ0n) is 13.1. The zero-order chi connectivity index (χ0) is 16.6. The van der Waals surface area contributed by atoms with Gasteiger partial charge in [0.05, 0.1) is 11.2 Å². The highest BCUT2D eigenvalue weighted by molar-refractivity contribution is 7.07. The molecule has 0 aliphatic carbocycles. The van der Waals surface area contributed by atoms with Gasteiger partial charge in [0.2, 0.25) is 0 Å². The van der Waals surface area contributed by atoms with Crippen LogP contribution >= 0.6 is 11.3 Å². The van der Waals surface area contributed by atoms with Gasteiger partial charge in [-0.05, 0) is 30.2 Å². The van der Waals surface area contributed by atoms with Gasteiger partial charge in [0.1, 0.15) is 12.4 Å². The Kier molecular flexibility index (Phi) is 5.58. The fourth-order valence-corrected chi connectivity index (χ4v) is 2.80. The second-order valence-corrected chi connectivity index (χ2v) is 6.01. The van der Waals surface area contributed by atoms with Crippen LogP contribution < -0.4 is 10.1 Å². The van der Waals surface area contributed by atoms with E-state index in [-0.39, 0.29) is 5.91 Å². The van der Waals surface area contributed by atoms with Gasteiger partial charge < -0.3 is 10.1 Å². The highest BCUT2D eigenvalue weighted by Gasteiger charge is 2.07. The molecule has 1 N–H and O–H groups in total. The van der Waals surface area contributed by atoms with E-state index in [1.54, 1.807) is 17.6 Å². The van der Waals surface area contributed by atoms with Gasteiger partial charge in [0, 0.05) is 17.5 Å². The van der Waals surface area contributed by atoms with Crippen LogP contribution in [-0.2, 0) is 13.0 Å². The number of carbonyl (C=O) groups is 1. The number of aromatic nitrogens is 1. The Balaban J connectivity index is 1.52. The zero-order valence-corrected chi connectivity index (χ0v) is 14.0. The third-order valence-corrected chi connectivity index (χ3v) is 4.14. The molecule has 0 saturated carbocycles. The van der Waals surface area contributed by atoms with Gasteiger partial charge in [0.15, 0.2) is 0 Å². The average Bonchev–Trinajstić information content (AvgIpc) is 3.15. The van der Waals surface area contributed by atoms with Crippen LogP contribution in [0.3, 0.4) is 0 Å². The number of benzene rings is 2. The van der Waals surface area contributed by atoms with Crippen LogP contribution in [0.15, 0.2) is 65.5 Å². The van der Waals surface area contributed by atoms with Gasteiger partial charge in [-0.25, -0.2) is 4.98 Å². The van der Waals surface area contributed by atoms with Crippen molar-refractivity contribution >= 4 is 17.2 Å². The molecule has 0 aliphatic rings. The van der Waals surface area contributed by atoms with Crippen LogP contribution in [0.1, 0.15) is 21.6 Å². The summed E-state index contributed by atoms with van der Waals surface area (Å²) in [6, 6.07) is 17.3. The summed E-state index contributed by atoms with van der Waals surface area (Å²) in [5.74, 6) is 0.573. The Morgan fingerprint density at radius 2 is 2.00 bits per heavy atom. The molecule has 24 heavy (non-hydrogen) atoms. The molecule has 5 heteroatoms. The minimum Gasteiger partial charge on any atom is -0.487 e. The molecule has 122 valence electrons. The van der Waals surface area contributed by atoms with Crippen LogP contribution in [0.25, 0.3) is 0 Å². The molecule has 1 heterocycles. The van der Waals surface area contributed by atoms with Gasteiger partial charge >= 0.3 is 0 Å². The summed E-state index contributed by atoms with van der Waals surface area (Å²) in [5, 5.41) is 4.88. The molecule has 1 aromatic heterocycles. The molecule has 0 saturated heterocycles. The Labute approximate surface area is 145 Å². The van der Waals surface area contributed by atoms with Crippen LogP contribution in [0.4, 0.5) is 0 Å². The van der Waals surface area contributed by atoms with Crippen LogP contribution in [-0.4, -0.2) is 17.4 Å². The van der Waals surface area contributed by atoms with Crippen molar-refractivity contribution in [2.45, 2.75) is 13.0 Å². The van der Waals surface area contributed by atoms with Crippen LogP contribution in [0.2, 0.25) is 0 Å². The lowest BCUT2D eigenvalue weighted by Gasteiger charge is -2.08. The summed E-state index contributed by atoms with van der Waals surface area (Å²) >= 11 is 1.53. The number of nitrogens with zero attached hydrogens (tertiary/aromatic N) is 1. The van der Waals surface area contributed by atoms with Crippen molar-refractivity contribution in [3.63, 3.8) is 0 Å². The molecule has 3 rings (SSSR count). The third-order valence-electron chi connectivity index (χ3n) is 3.51. The molecule has 2 aromatic carbocycles. The summed E-state index contributed by atoms with van der Waals surface area (Å²) in [7, 11) is 0. The summed E-state index contributed by atoms with van der Waals surface area (Å²) in [4.78, 5) is 16.4. The van der Waals surface area contributed by atoms with E-state index < -0.39 is 0 Å². The highest BCUT2D eigenvalue weighted by atomic mass is 32.1. The molecule has 0 fully saturated rings. The van der Waals surface area contributed by atoms with Crippen molar-refractivity contribution in [2.75, 3.05) is 6.54 Å². The highest BCUT2D eigenvalue weighted by Crippen LogP contribution is 2.15. The smallest absolute Gasteiger partial charge is 0.251 e. The molecule has 4 nitrogen and oxygen atoms in total. The van der Waals surface area contributed by atoms with E-state index in [0.717, 1.165) is 12.1 Å². The normalized spacial score (nSPS) is 10.3. The molecule has 3 aromatic rings. The number of hydrogen-bond acceptors (Lipinski definition) is 4. The summed E-state index contributed by atoms with van der Waals surface area (Å²) in [5.41, 5.74) is 4.46. The molecule has 0 radical (unpaired) electrons. The lowest BCUT2D eigenvalue weighted by Crippen LogP contribution is -2.25. The molecular weight excluding hydrogens is 320 g/mol. The maximum Gasteiger partial charge on any atom is 0.251 e. The molecule has 1 amide bonds. The lowest BCUT2D eigenvalue weighted by atomic mass is 10.1. The first-order chi connectivity index (χ1) is 11.8. The number of amides is 1. The van der Waals surface area contributed by atoms with E-state index in [1.165, 1.54) is 16.9 Å². The van der Waals surface area contributed by atoms with E-state index in [0.29, 0.717) is 24.5 Å². The number of thiazole rings is 1. The predicted molar refractivity (Wildman–Crippen MR) is 95.4 cm³/mol. The quantitative estimate of drug-likeness (QED) is 0.715. The first-order valence-corrected chi connectivity index (χ1v) is 8.67. The second-order valence-electron chi connectivity index (χ2n) is 5.29. The van der Waals surface area contributed by atoms with E-state index in [4.69, 9.17) is 4.74 Å². The minimum atomic E-state index is -0.0926. The Morgan fingerprint density at radius 1 is 1.12 bits per heavy atom. The van der Waals surface area contributed by atoms with Gasteiger partial charge in [-0.2, -0.15) is 0 Å². The van der Waals surface area contributed by atoms with Gasteiger partial charge in [-0.3, -0.25) is 4.79 Å². The fraction of sp³-hybridized carbons (Fsp3) is 0.158. The average molecular weight is 338 g/mol. The third kappa shape index (κ3) is 4.67.